The van der Waals surface area contributed by atoms with E-state index in [1.165, 1.54) is 12.1 Å². The van der Waals surface area contributed by atoms with E-state index in [4.69, 9.17) is 10.00 Å². The third-order valence-electron chi connectivity index (χ3n) is 4.88. The molecule has 6 nitrogen and oxygen atoms in total. The van der Waals surface area contributed by atoms with Crippen molar-refractivity contribution in [2.45, 2.75) is 32.7 Å². The zero-order valence-corrected chi connectivity index (χ0v) is 15.9. The first-order valence-corrected chi connectivity index (χ1v) is 9.28. The molecule has 0 radical (unpaired) electrons. The number of para-hydroxylation sites is 1. The number of amides is 1. The van der Waals surface area contributed by atoms with Crippen molar-refractivity contribution < 1.29 is 13.9 Å². The molecule has 1 aliphatic rings. The lowest BCUT2D eigenvalue weighted by atomic mass is 10.1. The smallest absolute Gasteiger partial charge is 0.254 e. The van der Waals surface area contributed by atoms with Gasteiger partial charge >= 0.3 is 0 Å². The molecule has 4 rings (SSSR count). The van der Waals surface area contributed by atoms with Crippen molar-refractivity contribution in [3.8, 4) is 11.8 Å². The van der Waals surface area contributed by atoms with E-state index in [0.29, 0.717) is 19.7 Å². The maximum absolute atomic E-state index is 13.8. The van der Waals surface area contributed by atoms with Crippen molar-refractivity contribution >= 4 is 5.91 Å². The molecule has 0 N–H and O–H groups in total. The number of carbonyl (C=O) groups is 1. The van der Waals surface area contributed by atoms with E-state index in [9.17, 15) is 9.18 Å². The number of hydrogen-bond acceptors (Lipinski definition) is 4. The van der Waals surface area contributed by atoms with Crippen molar-refractivity contribution in [2.24, 2.45) is 0 Å². The van der Waals surface area contributed by atoms with E-state index < -0.39 is 5.82 Å². The van der Waals surface area contributed by atoms with Crippen LogP contribution in [0.4, 0.5) is 4.39 Å². The van der Waals surface area contributed by atoms with E-state index in [-0.39, 0.29) is 23.1 Å². The van der Waals surface area contributed by atoms with Gasteiger partial charge in [-0.1, -0.05) is 18.2 Å². The summed E-state index contributed by atoms with van der Waals surface area (Å²) in [5.41, 5.74) is 1.97. The fourth-order valence-corrected chi connectivity index (χ4v) is 3.44. The topological polar surface area (TPSA) is 71.2 Å². The van der Waals surface area contributed by atoms with Gasteiger partial charge in [0.2, 0.25) is 0 Å². The molecule has 0 aliphatic carbocycles. The van der Waals surface area contributed by atoms with Crippen molar-refractivity contribution in [1.29, 1.82) is 5.26 Å². The van der Waals surface area contributed by atoms with Crippen molar-refractivity contribution in [3.63, 3.8) is 0 Å². The molecule has 2 aromatic carbocycles. The Morgan fingerprint density at radius 1 is 1.28 bits per heavy atom. The second-order valence-corrected chi connectivity index (χ2v) is 7.03. The molecule has 0 saturated carbocycles. The Morgan fingerprint density at radius 3 is 2.83 bits per heavy atom. The Kier molecular flexibility index (Phi) is 5.00. The summed E-state index contributed by atoms with van der Waals surface area (Å²) in [5.74, 6) is -0.131. The van der Waals surface area contributed by atoms with Gasteiger partial charge in [-0.15, -0.1) is 0 Å². The third-order valence-corrected chi connectivity index (χ3v) is 4.88. The maximum Gasteiger partial charge on any atom is 0.254 e. The first-order chi connectivity index (χ1) is 14.0. The van der Waals surface area contributed by atoms with Gasteiger partial charge in [-0.05, 0) is 43.3 Å². The summed E-state index contributed by atoms with van der Waals surface area (Å²) in [5, 5.41) is 13.6. The average Bonchev–Trinajstić information content (AvgIpc) is 3.13. The van der Waals surface area contributed by atoms with E-state index in [2.05, 4.69) is 5.10 Å². The SMILES string of the molecule is CC1Cn2nc(COc3ccccc3)cc2CN1C(=O)c1cc(F)cc(C#N)c1. The van der Waals surface area contributed by atoms with E-state index in [1.807, 2.05) is 54.1 Å². The average molecular weight is 390 g/mol. The number of carbonyl (C=O) groups excluding carboxylic acids is 1. The maximum atomic E-state index is 13.8. The number of halogens is 1. The Morgan fingerprint density at radius 2 is 2.07 bits per heavy atom. The Balaban J connectivity index is 1.51. The lowest BCUT2D eigenvalue weighted by Crippen LogP contribution is -2.44. The fraction of sp³-hybridized carbons (Fsp3) is 0.227. The van der Waals surface area contributed by atoms with E-state index in [0.717, 1.165) is 23.2 Å². The molecule has 0 fully saturated rings. The van der Waals surface area contributed by atoms with Gasteiger partial charge in [-0.3, -0.25) is 9.48 Å². The van der Waals surface area contributed by atoms with Crippen molar-refractivity contribution in [2.75, 3.05) is 0 Å². The molecule has 3 aromatic rings. The lowest BCUT2D eigenvalue weighted by Gasteiger charge is -2.34. The molecule has 0 spiro atoms. The highest BCUT2D eigenvalue weighted by atomic mass is 19.1. The highest BCUT2D eigenvalue weighted by molar-refractivity contribution is 5.94. The van der Waals surface area contributed by atoms with E-state index in [1.54, 1.807) is 4.90 Å². The van der Waals surface area contributed by atoms with Gasteiger partial charge in [-0.2, -0.15) is 10.4 Å². The van der Waals surface area contributed by atoms with Gasteiger partial charge in [0.05, 0.1) is 30.4 Å². The summed E-state index contributed by atoms with van der Waals surface area (Å²) in [7, 11) is 0. The summed E-state index contributed by atoms with van der Waals surface area (Å²) in [6, 6.07) is 16.9. The molecule has 0 bridgehead atoms. The number of nitriles is 1. The van der Waals surface area contributed by atoms with Crippen LogP contribution < -0.4 is 4.74 Å². The number of rotatable bonds is 4. The number of aromatic nitrogens is 2. The van der Waals surface area contributed by atoms with Gasteiger partial charge in [0.15, 0.2) is 0 Å². The van der Waals surface area contributed by atoms with Gasteiger partial charge in [0.1, 0.15) is 23.9 Å². The molecule has 29 heavy (non-hydrogen) atoms. The summed E-state index contributed by atoms with van der Waals surface area (Å²) in [6.07, 6.45) is 0. The first kappa shape index (κ1) is 18.7. The van der Waals surface area contributed by atoms with Crippen LogP contribution in [0.15, 0.2) is 54.6 Å². The molecule has 1 atom stereocenters. The first-order valence-electron chi connectivity index (χ1n) is 9.28. The van der Waals surface area contributed by atoms with Gasteiger partial charge in [-0.25, -0.2) is 4.39 Å². The van der Waals surface area contributed by atoms with Crippen LogP contribution >= 0.6 is 0 Å². The molecular formula is C22H19FN4O2. The minimum absolute atomic E-state index is 0.119. The predicted molar refractivity (Wildman–Crippen MR) is 103 cm³/mol. The number of nitrogens with zero attached hydrogens (tertiary/aromatic N) is 4. The number of ether oxygens (including phenoxy) is 1. The molecule has 1 aliphatic heterocycles. The summed E-state index contributed by atoms with van der Waals surface area (Å²) < 4.78 is 21.4. The fourth-order valence-electron chi connectivity index (χ4n) is 3.44. The quantitative estimate of drug-likeness (QED) is 0.683. The minimum Gasteiger partial charge on any atom is -0.487 e. The van der Waals surface area contributed by atoms with Crippen LogP contribution in [0.2, 0.25) is 0 Å². The molecule has 146 valence electrons. The predicted octanol–water partition coefficient (Wildman–Crippen LogP) is 3.52. The molecule has 2 heterocycles. The van der Waals surface area contributed by atoms with Crippen molar-refractivity contribution in [3.05, 3.63) is 82.9 Å². The summed E-state index contributed by atoms with van der Waals surface area (Å²) in [6.45, 7) is 3.15. The zero-order valence-electron chi connectivity index (χ0n) is 15.9. The van der Waals surface area contributed by atoms with Crippen LogP contribution in [-0.2, 0) is 19.7 Å². The van der Waals surface area contributed by atoms with Crippen LogP contribution in [0.25, 0.3) is 0 Å². The molecular weight excluding hydrogens is 371 g/mol. The summed E-state index contributed by atoms with van der Waals surface area (Å²) >= 11 is 0. The van der Waals surface area contributed by atoms with Crippen LogP contribution in [0.3, 0.4) is 0 Å². The number of fused-ring (bicyclic) bond motifs is 1. The summed E-state index contributed by atoms with van der Waals surface area (Å²) in [4.78, 5) is 14.6. The highest BCUT2D eigenvalue weighted by Gasteiger charge is 2.29. The molecule has 1 amide bonds. The van der Waals surface area contributed by atoms with Crippen LogP contribution in [-0.4, -0.2) is 26.6 Å². The minimum atomic E-state index is -0.595. The monoisotopic (exact) mass is 390 g/mol. The Hall–Kier alpha value is -3.66. The van der Waals surface area contributed by atoms with Crippen molar-refractivity contribution in [1.82, 2.24) is 14.7 Å². The van der Waals surface area contributed by atoms with E-state index >= 15 is 0 Å². The zero-order chi connectivity index (χ0) is 20.4. The molecule has 1 unspecified atom stereocenters. The lowest BCUT2D eigenvalue weighted by molar-refractivity contribution is 0.0606. The molecule has 1 aromatic heterocycles. The van der Waals surface area contributed by atoms with Gasteiger partial charge in [0, 0.05) is 11.6 Å². The number of hydrogen-bond donors (Lipinski definition) is 0. The van der Waals surface area contributed by atoms with Crippen LogP contribution in [0.1, 0.15) is 34.2 Å². The Bertz CT molecular complexity index is 1090. The second kappa shape index (κ2) is 7.76. The third kappa shape index (κ3) is 3.97. The Labute approximate surface area is 167 Å². The molecule has 0 saturated heterocycles. The highest BCUT2D eigenvalue weighted by Crippen LogP contribution is 2.22. The standard InChI is InChI=1S/C22H19FN4O2/c1-15-12-27-20(10-19(25-27)14-29-21-5-3-2-4-6-21)13-26(15)22(28)17-7-16(11-24)8-18(23)9-17/h2-10,15H,12-14H2,1H3. The van der Waals surface area contributed by atoms with Crippen LogP contribution in [0.5, 0.6) is 5.75 Å². The molecule has 7 heteroatoms. The normalized spacial score (nSPS) is 15.5. The number of benzene rings is 2. The second-order valence-electron chi connectivity index (χ2n) is 7.03. The van der Waals surface area contributed by atoms with Gasteiger partial charge < -0.3 is 9.64 Å². The van der Waals surface area contributed by atoms with Gasteiger partial charge in [0.25, 0.3) is 5.91 Å². The largest absolute Gasteiger partial charge is 0.487 e. The van der Waals surface area contributed by atoms with Crippen LogP contribution in [0, 0.1) is 17.1 Å².